The van der Waals surface area contributed by atoms with Gasteiger partial charge in [-0.3, -0.25) is 0 Å². The van der Waals surface area contributed by atoms with Gasteiger partial charge in [-0.05, 0) is 35.7 Å². The van der Waals surface area contributed by atoms with Crippen molar-refractivity contribution in [3.8, 4) is 5.75 Å². The van der Waals surface area contributed by atoms with Crippen molar-refractivity contribution in [3.05, 3.63) is 53.9 Å². The molecule has 0 amide bonds. The first kappa shape index (κ1) is 10.8. The Morgan fingerprint density at radius 2 is 2.12 bits per heavy atom. The van der Waals surface area contributed by atoms with E-state index in [1.165, 1.54) is 11.1 Å². The zero-order chi connectivity index (χ0) is 11.4. The van der Waals surface area contributed by atoms with Gasteiger partial charge in [-0.2, -0.15) is 0 Å². The highest BCUT2D eigenvalue weighted by atomic mass is 16.5. The van der Waals surface area contributed by atoms with Crippen LogP contribution in [0.3, 0.4) is 0 Å². The summed E-state index contributed by atoms with van der Waals surface area (Å²) in [6.07, 6.45) is 4.67. The maximum absolute atomic E-state index is 8.94. The number of benzene rings is 1. The third kappa shape index (κ3) is 2.44. The minimum atomic E-state index is 0.0259. The Labute approximate surface area is 94.9 Å². The minimum absolute atomic E-state index is 0.0259. The summed E-state index contributed by atoms with van der Waals surface area (Å²) in [5.41, 5.74) is 2.39. The van der Waals surface area contributed by atoms with Gasteiger partial charge in [0.15, 0.2) is 0 Å². The summed E-state index contributed by atoms with van der Waals surface area (Å²) >= 11 is 0. The van der Waals surface area contributed by atoms with Gasteiger partial charge in [0.25, 0.3) is 0 Å². The lowest BCUT2D eigenvalue weighted by molar-refractivity contribution is 0.211. The average Bonchev–Trinajstić information content (AvgIpc) is 2.77. The highest BCUT2D eigenvalue weighted by Gasteiger charge is 2.00. The van der Waals surface area contributed by atoms with Crippen LogP contribution in [0.1, 0.15) is 11.1 Å². The van der Waals surface area contributed by atoms with Crippen molar-refractivity contribution in [1.29, 1.82) is 0 Å². The van der Waals surface area contributed by atoms with Crippen LogP contribution in [0.2, 0.25) is 0 Å². The Bertz CT molecular complexity index is 462. The molecule has 1 N–H and O–H groups in total. The summed E-state index contributed by atoms with van der Waals surface area (Å²) in [7, 11) is 1.67. The van der Waals surface area contributed by atoms with Crippen molar-refractivity contribution in [1.82, 2.24) is 4.57 Å². The van der Waals surface area contributed by atoms with Gasteiger partial charge in [0, 0.05) is 12.4 Å². The number of hydrogen-bond acceptors (Lipinski definition) is 2. The topological polar surface area (TPSA) is 34.4 Å². The molecular formula is C13H15NO2. The molecule has 3 nitrogen and oxygen atoms in total. The van der Waals surface area contributed by atoms with E-state index >= 15 is 0 Å². The lowest BCUT2D eigenvalue weighted by Gasteiger charge is -2.03. The van der Waals surface area contributed by atoms with Crippen LogP contribution in [0.4, 0.5) is 0 Å². The Kier molecular flexibility index (Phi) is 3.27. The molecule has 0 aliphatic carbocycles. The SMILES string of the molecule is COc1cccc(Cc2ccn(CO)c2)c1. The van der Waals surface area contributed by atoms with Gasteiger partial charge in [-0.1, -0.05) is 12.1 Å². The molecule has 0 fully saturated rings. The van der Waals surface area contributed by atoms with Crippen molar-refractivity contribution in [2.75, 3.05) is 7.11 Å². The lowest BCUT2D eigenvalue weighted by atomic mass is 10.1. The Morgan fingerprint density at radius 1 is 1.25 bits per heavy atom. The van der Waals surface area contributed by atoms with E-state index in [9.17, 15) is 0 Å². The molecule has 2 aromatic rings. The van der Waals surface area contributed by atoms with E-state index in [1.54, 1.807) is 11.7 Å². The molecule has 0 radical (unpaired) electrons. The summed E-state index contributed by atoms with van der Waals surface area (Å²) in [4.78, 5) is 0. The fourth-order valence-corrected chi connectivity index (χ4v) is 1.70. The molecule has 0 saturated heterocycles. The first-order valence-corrected chi connectivity index (χ1v) is 5.20. The van der Waals surface area contributed by atoms with Gasteiger partial charge in [0.2, 0.25) is 0 Å². The van der Waals surface area contributed by atoms with Crippen LogP contribution < -0.4 is 4.74 Å². The van der Waals surface area contributed by atoms with Crippen LogP contribution in [0.25, 0.3) is 0 Å². The average molecular weight is 217 g/mol. The summed E-state index contributed by atoms with van der Waals surface area (Å²) in [6, 6.07) is 10.0. The maximum Gasteiger partial charge on any atom is 0.119 e. The zero-order valence-electron chi connectivity index (χ0n) is 9.26. The molecule has 0 saturated carbocycles. The molecule has 0 atom stereocenters. The maximum atomic E-state index is 8.94. The van der Waals surface area contributed by atoms with Crippen LogP contribution >= 0.6 is 0 Å². The number of methoxy groups -OCH3 is 1. The molecule has 1 heterocycles. The fourth-order valence-electron chi connectivity index (χ4n) is 1.70. The third-order valence-electron chi connectivity index (χ3n) is 2.52. The zero-order valence-corrected chi connectivity index (χ0v) is 9.26. The van der Waals surface area contributed by atoms with Crippen LogP contribution in [0, 0.1) is 0 Å². The molecule has 0 aliphatic rings. The molecule has 2 rings (SSSR count). The van der Waals surface area contributed by atoms with E-state index in [-0.39, 0.29) is 6.73 Å². The van der Waals surface area contributed by atoms with E-state index in [2.05, 4.69) is 6.07 Å². The monoisotopic (exact) mass is 217 g/mol. The number of rotatable bonds is 4. The third-order valence-corrected chi connectivity index (χ3v) is 2.52. The fraction of sp³-hybridized carbons (Fsp3) is 0.231. The number of aliphatic hydroxyl groups excluding tert-OH is 1. The summed E-state index contributed by atoms with van der Waals surface area (Å²) in [5.74, 6) is 0.874. The molecule has 16 heavy (non-hydrogen) atoms. The predicted octanol–water partition coefficient (Wildman–Crippen LogP) is 2.04. The first-order valence-electron chi connectivity index (χ1n) is 5.20. The molecule has 0 spiro atoms. The highest BCUT2D eigenvalue weighted by Crippen LogP contribution is 2.16. The Hall–Kier alpha value is -1.74. The van der Waals surface area contributed by atoms with Crippen molar-refractivity contribution in [2.45, 2.75) is 13.2 Å². The largest absolute Gasteiger partial charge is 0.497 e. The molecule has 1 aromatic heterocycles. The van der Waals surface area contributed by atoms with Crippen LogP contribution in [0.15, 0.2) is 42.7 Å². The van der Waals surface area contributed by atoms with Crippen molar-refractivity contribution < 1.29 is 9.84 Å². The van der Waals surface area contributed by atoms with Gasteiger partial charge in [0.05, 0.1) is 7.11 Å². The van der Waals surface area contributed by atoms with Gasteiger partial charge < -0.3 is 14.4 Å². The number of ether oxygens (including phenoxy) is 1. The van der Waals surface area contributed by atoms with E-state index in [0.717, 1.165) is 12.2 Å². The van der Waals surface area contributed by atoms with Crippen molar-refractivity contribution in [2.24, 2.45) is 0 Å². The highest BCUT2D eigenvalue weighted by molar-refractivity contribution is 5.32. The number of nitrogens with zero attached hydrogens (tertiary/aromatic N) is 1. The van der Waals surface area contributed by atoms with Crippen molar-refractivity contribution >= 4 is 0 Å². The molecule has 84 valence electrons. The molecule has 3 heteroatoms. The van der Waals surface area contributed by atoms with Gasteiger partial charge in [0.1, 0.15) is 12.5 Å². The quantitative estimate of drug-likeness (QED) is 0.850. The first-order chi connectivity index (χ1) is 7.81. The second-order valence-corrected chi connectivity index (χ2v) is 3.70. The lowest BCUT2D eigenvalue weighted by Crippen LogP contribution is -1.92. The van der Waals surface area contributed by atoms with Crippen molar-refractivity contribution in [3.63, 3.8) is 0 Å². The van der Waals surface area contributed by atoms with Gasteiger partial charge >= 0.3 is 0 Å². The van der Waals surface area contributed by atoms with E-state index in [0.29, 0.717) is 0 Å². The van der Waals surface area contributed by atoms with Crippen LogP contribution in [-0.4, -0.2) is 16.8 Å². The molecule has 0 unspecified atom stereocenters. The Balaban J connectivity index is 2.13. The normalized spacial score (nSPS) is 10.4. The van der Waals surface area contributed by atoms with E-state index < -0.39 is 0 Å². The number of aliphatic hydroxyl groups is 1. The van der Waals surface area contributed by atoms with Gasteiger partial charge in [-0.15, -0.1) is 0 Å². The minimum Gasteiger partial charge on any atom is -0.497 e. The summed E-state index contributed by atoms with van der Waals surface area (Å²) in [6.45, 7) is 0.0259. The smallest absolute Gasteiger partial charge is 0.119 e. The summed E-state index contributed by atoms with van der Waals surface area (Å²) in [5, 5.41) is 8.94. The predicted molar refractivity (Wildman–Crippen MR) is 62.5 cm³/mol. The van der Waals surface area contributed by atoms with E-state index in [4.69, 9.17) is 9.84 Å². The molecule has 0 bridgehead atoms. The molecular weight excluding hydrogens is 202 g/mol. The second-order valence-electron chi connectivity index (χ2n) is 3.70. The second kappa shape index (κ2) is 4.86. The van der Waals surface area contributed by atoms with Gasteiger partial charge in [-0.25, -0.2) is 0 Å². The Morgan fingerprint density at radius 3 is 2.81 bits per heavy atom. The summed E-state index contributed by atoms with van der Waals surface area (Å²) < 4.78 is 6.92. The molecule has 1 aromatic carbocycles. The molecule has 0 aliphatic heterocycles. The van der Waals surface area contributed by atoms with Crippen LogP contribution in [-0.2, 0) is 13.2 Å². The standard InChI is InChI=1S/C13H15NO2/c1-16-13-4-2-3-11(8-13)7-12-5-6-14(9-12)10-15/h2-6,8-9,15H,7,10H2,1H3. The van der Waals surface area contributed by atoms with Crippen LogP contribution in [0.5, 0.6) is 5.75 Å². The number of hydrogen-bond donors (Lipinski definition) is 1. The number of aromatic nitrogens is 1. The van der Waals surface area contributed by atoms with E-state index in [1.807, 2.05) is 36.7 Å².